The first-order chi connectivity index (χ1) is 12.9. The Morgan fingerprint density at radius 1 is 0.893 bits per heavy atom. The highest BCUT2D eigenvalue weighted by molar-refractivity contribution is 6.66. The Labute approximate surface area is 187 Å². The molecule has 8 heteroatoms. The second kappa shape index (κ2) is 11.6. The lowest BCUT2D eigenvalue weighted by Crippen LogP contribution is -3.00. The van der Waals surface area contributed by atoms with Gasteiger partial charge in [-0.1, -0.05) is 41.0 Å². The van der Waals surface area contributed by atoms with Crippen molar-refractivity contribution < 1.29 is 42.7 Å². The number of amides is 3. The molecule has 0 aliphatic carbocycles. The molecule has 2 aromatic carbocycles. The summed E-state index contributed by atoms with van der Waals surface area (Å²) < 4.78 is 3.56. The number of rotatable bonds is 2. The van der Waals surface area contributed by atoms with Gasteiger partial charge >= 0.3 is 17.7 Å². The van der Waals surface area contributed by atoms with Gasteiger partial charge in [0, 0.05) is 12.7 Å². The summed E-state index contributed by atoms with van der Waals surface area (Å²) >= 11 is 5.25. The van der Waals surface area contributed by atoms with E-state index in [1.807, 2.05) is 78.5 Å². The topological polar surface area (TPSA) is 46.6 Å². The highest BCUT2D eigenvalue weighted by Gasteiger charge is 2.30. The minimum absolute atomic E-state index is 0. The van der Waals surface area contributed by atoms with E-state index in [9.17, 15) is 9.59 Å². The van der Waals surface area contributed by atoms with Crippen LogP contribution in [0.15, 0.2) is 60.7 Å². The summed E-state index contributed by atoms with van der Waals surface area (Å²) in [6.07, 6.45) is 3.66. The van der Waals surface area contributed by atoms with Crippen molar-refractivity contribution in [2.75, 3.05) is 37.5 Å². The van der Waals surface area contributed by atoms with E-state index >= 15 is 0 Å². The molecular weight excluding hydrogens is 491 g/mol. The molecule has 0 aromatic heterocycles. The fourth-order valence-corrected chi connectivity index (χ4v) is 2.44. The number of carbonyl (C=O) groups is 2. The maximum absolute atomic E-state index is 12.1. The Bertz CT molecular complexity index is 857. The van der Waals surface area contributed by atoms with Crippen LogP contribution in [-0.4, -0.2) is 60.8 Å². The molecule has 0 fully saturated rings. The Morgan fingerprint density at radius 2 is 1.36 bits per heavy atom. The largest absolute Gasteiger partial charge is 1.00 e. The van der Waals surface area contributed by atoms with Gasteiger partial charge in [-0.15, -0.1) is 0 Å². The molecule has 0 radical (unpaired) electrons. The quantitative estimate of drug-likeness (QED) is 0.254. The van der Waals surface area contributed by atoms with E-state index in [1.165, 1.54) is 4.90 Å². The number of halogens is 2. The van der Waals surface area contributed by atoms with Crippen LogP contribution in [0, 0.1) is 0 Å². The number of nitrogens with zero attached hydrogens (tertiary/aromatic N) is 4. The van der Waals surface area contributed by atoms with Crippen LogP contribution in [0.4, 0.5) is 21.0 Å². The second-order valence-electron chi connectivity index (χ2n) is 5.97. The number of urea groups is 1. The monoisotopic (exact) mass is 513 g/mol. The highest BCUT2D eigenvalue weighted by Crippen LogP contribution is 2.12. The van der Waals surface area contributed by atoms with E-state index in [0.717, 1.165) is 17.9 Å². The molecule has 6 nitrogen and oxygen atoms in total. The molecule has 0 atom stereocenters. The number of benzene rings is 2. The zero-order valence-electron chi connectivity index (χ0n) is 16.0. The lowest BCUT2D eigenvalue weighted by Gasteiger charge is -2.11. The van der Waals surface area contributed by atoms with Crippen LogP contribution in [0.3, 0.4) is 0 Å². The number of hydrogen-bond donors (Lipinski definition) is 0. The first-order valence-electron chi connectivity index (χ1n) is 8.38. The summed E-state index contributed by atoms with van der Waals surface area (Å²) in [4.78, 5) is 25.7. The molecule has 0 saturated carbocycles. The smallest absolute Gasteiger partial charge is 0.564 e. The third-order valence-corrected chi connectivity index (χ3v) is 4.20. The summed E-state index contributed by atoms with van der Waals surface area (Å²) in [5, 5.41) is -0.476. The molecule has 0 unspecified atom stereocenters. The second-order valence-corrected chi connectivity index (χ2v) is 6.29. The Balaban J connectivity index is 0.000000289. The van der Waals surface area contributed by atoms with Crippen molar-refractivity contribution in [2.24, 2.45) is 0 Å². The first-order valence-corrected chi connectivity index (χ1v) is 8.76. The van der Waals surface area contributed by atoms with E-state index in [-0.39, 0.29) is 30.0 Å². The van der Waals surface area contributed by atoms with Gasteiger partial charge in [-0.25, -0.2) is 4.58 Å². The zero-order chi connectivity index (χ0) is 19.8. The molecule has 0 bridgehead atoms. The Morgan fingerprint density at radius 3 is 1.75 bits per heavy atom. The molecule has 1 aliphatic heterocycles. The fraction of sp³-hybridized carbons (Fsp3) is 0.200. The van der Waals surface area contributed by atoms with Crippen molar-refractivity contribution in [3.63, 3.8) is 0 Å². The van der Waals surface area contributed by atoms with Gasteiger partial charge in [-0.2, -0.15) is 9.69 Å². The molecule has 0 spiro atoms. The van der Waals surface area contributed by atoms with Crippen LogP contribution in [0.5, 0.6) is 0 Å². The molecule has 148 valence electrons. The summed E-state index contributed by atoms with van der Waals surface area (Å²) in [6, 6.07) is 18.8. The van der Waals surface area contributed by atoms with Crippen LogP contribution >= 0.6 is 11.6 Å². The van der Waals surface area contributed by atoms with Gasteiger partial charge in [-0.05, 0) is 35.9 Å². The zero-order valence-corrected chi connectivity index (χ0v) is 18.9. The minimum atomic E-state index is -0.476. The van der Waals surface area contributed by atoms with Crippen LogP contribution in [0.1, 0.15) is 0 Å². The molecule has 3 amide bonds. The average molecular weight is 514 g/mol. The van der Waals surface area contributed by atoms with Crippen LogP contribution in [0.2, 0.25) is 0 Å². The number of hydrogen-bond acceptors (Lipinski definition) is 2. The van der Waals surface area contributed by atoms with Crippen molar-refractivity contribution in [3.8, 4) is 0 Å². The van der Waals surface area contributed by atoms with Crippen molar-refractivity contribution in [3.05, 3.63) is 60.7 Å². The van der Waals surface area contributed by atoms with E-state index < -0.39 is 5.37 Å². The molecule has 2 aromatic rings. The summed E-state index contributed by atoms with van der Waals surface area (Å²) in [5.41, 5.74) is 1.69. The van der Waals surface area contributed by atoms with Crippen molar-refractivity contribution in [1.29, 1.82) is 0 Å². The maximum Gasteiger partial charge on any atom is 0.564 e. The SMILES string of the molecule is CN(C(=O)Cl)c1ccccc1.CN(C(=O)[N+]1=CC[N+](C)=C1)c1ccccc1.[I-]. The molecule has 28 heavy (non-hydrogen) atoms. The number of carbonyl (C=O) groups excluding carboxylic acids is 2. The summed E-state index contributed by atoms with van der Waals surface area (Å²) in [7, 11) is 5.34. The number of para-hydroxylation sites is 2. The van der Waals surface area contributed by atoms with Gasteiger partial charge in [0.2, 0.25) is 0 Å². The predicted octanol–water partition coefficient (Wildman–Crippen LogP) is 0.496. The molecule has 0 N–H and O–H groups in total. The fourth-order valence-electron chi connectivity index (χ4n) is 2.34. The van der Waals surface area contributed by atoms with Crippen LogP contribution in [0.25, 0.3) is 0 Å². The standard InChI is InChI=1S/C12H15N3O.C8H8ClNO.HI/c1-13-8-9-15(10-13)12(16)14(2)11-6-4-3-5-7-11;1-10(8(9)11)7-5-3-2-4-6-7;/h3-7,9-10H,8H2,1-2H3;2-6H,1H3;1H/q+2;;/p-1. The van der Waals surface area contributed by atoms with Crippen LogP contribution in [-0.2, 0) is 0 Å². The van der Waals surface area contributed by atoms with E-state index in [0.29, 0.717) is 0 Å². The van der Waals surface area contributed by atoms with Crippen molar-refractivity contribution >= 4 is 46.9 Å². The van der Waals surface area contributed by atoms with Gasteiger partial charge in [-0.3, -0.25) is 4.79 Å². The van der Waals surface area contributed by atoms with E-state index in [1.54, 1.807) is 29.9 Å². The predicted molar refractivity (Wildman–Crippen MR) is 110 cm³/mol. The molecule has 1 aliphatic rings. The van der Waals surface area contributed by atoms with Gasteiger partial charge in [0.25, 0.3) is 0 Å². The lowest BCUT2D eigenvalue weighted by atomic mass is 10.3. The number of anilines is 2. The molecular formula is C20H23ClIN4O2+. The molecule has 1 heterocycles. The van der Waals surface area contributed by atoms with Crippen molar-refractivity contribution in [1.82, 2.24) is 0 Å². The van der Waals surface area contributed by atoms with Gasteiger partial charge in [0.1, 0.15) is 7.05 Å². The third kappa shape index (κ3) is 6.72. The maximum atomic E-state index is 12.1. The third-order valence-electron chi connectivity index (χ3n) is 3.95. The van der Waals surface area contributed by atoms with E-state index in [2.05, 4.69) is 0 Å². The van der Waals surface area contributed by atoms with Gasteiger partial charge in [0.05, 0.1) is 7.05 Å². The average Bonchev–Trinajstić information content (AvgIpc) is 3.14. The summed E-state index contributed by atoms with van der Waals surface area (Å²) in [6.45, 7) is 0.772. The summed E-state index contributed by atoms with van der Waals surface area (Å²) in [5.74, 6) is 0. The Kier molecular flexibility index (Phi) is 9.81. The Hall–Kier alpha value is -2.26. The minimum Gasteiger partial charge on any atom is -1.00 e. The first kappa shape index (κ1) is 23.8. The lowest BCUT2D eigenvalue weighted by molar-refractivity contribution is -0.493. The van der Waals surface area contributed by atoms with E-state index in [4.69, 9.17) is 11.6 Å². The van der Waals surface area contributed by atoms with Gasteiger partial charge < -0.3 is 28.9 Å². The normalized spacial score (nSPS) is 11.9. The molecule has 3 rings (SSSR count). The van der Waals surface area contributed by atoms with Crippen molar-refractivity contribution in [2.45, 2.75) is 0 Å². The van der Waals surface area contributed by atoms with Crippen LogP contribution < -0.4 is 33.8 Å². The molecule has 0 saturated heterocycles. The van der Waals surface area contributed by atoms with Gasteiger partial charge in [0.15, 0.2) is 18.4 Å². The highest BCUT2D eigenvalue weighted by atomic mass is 127.